The van der Waals surface area contributed by atoms with Crippen LogP contribution in [0, 0.1) is 11.8 Å². The number of allylic oxidation sites excluding steroid dienone is 3. The van der Waals surface area contributed by atoms with Crippen molar-refractivity contribution in [3.63, 3.8) is 0 Å². The summed E-state index contributed by atoms with van der Waals surface area (Å²) in [4.78, 5) is 0. The Bertz CT molecular complexity index is 147. The molecule has 0 heterocycles. The van der Waals surface area contributed by atoms with Gasteiger partial charge in [0.15, 0.2) is 0 Å². The van der Waals surface area contributed by atoms with E-state index in [4.69, 9.17) is 0 Å². The summed E-state index contributed by atoms with van der Waals surface area (Å²) in [7, 11) is 0. The fourth-order valence-electron chi connectivity index (χ4n) is 1.90. The Kier molecular flexibility index (Phi) is 4.13. The van der Waals surface area contributed by atoms with Crippen LogP contribution in [-0.4, -0.2) is 0 Å². The van der Waals surface area contributed by atoms with Crippen molar-refractivity contribution in [2.75, 3.05) is 0 Å². The van der Waals surface area contributed by atoms with E-state index in [2.05, 4.69) is 31.7 Å². The lowest BCUT2D eigenvalue weighted by molar-refractivity contribution is 0.356. The third kappa shape index (κ3) is 2.84. The van der Waals surface area contributed by atoms with Crippen LogP contribution in [0.5, 0.6) is 0 Å². The third-order valence-corrected chi connectivity index (χ3v) is 2.79. The van der Waals surface area contributed by atoms with Gasteiger partial charge in [0.05, 0.1) is 0 Å². The van der Waals surface area contributed by atoms with Gasteiger partial charge in [0.2, 0.25) is 0 Å². The Morgan fingerprint density at radius 1 is 1.17 bits per heavy atom. The van der Waals surface area contributed by atoms with Crippen LogP contribution in [0.3, 0.4) is 0 Å². The van der Waals surface area contributed by atoms with Gasteiger partial charge in [0, 0.05) is 0 Å². The van der Waals surface area contributed by atoms with Crippen LogP contribution in [0.15, 0.2) is 24.8 Å². The third-order valence-electron chi connectivity index (χ3n) is 2.79. The average Bonchev–Trinajstić information content (AvgIpc) is 2.15. The van der Waals surface area contributed by atoms with Crippen molar-refractivity contribution < 1.29 is 0 Å². The van der Waals surface area contributed by atoms with Crippen LogP contribution in [0.25, 0.3) is 0 Å². The highest BCUT2D eigenvalue weighted by Crippen LogP contribution is 2.29. The van der Waals surface area contributed by atoms with Crippen molar-refractivity contribution in [3.8, 4) is 0 Å². The summed E-state index contributed by atoms with van der Waals surface area (Å²) < 4.78 is 0. The second-order valence-electron chi connectivity index (χ2n) is 3.75. The van der Waals surface area contributed by atoms with E-state index in [1.807, 2.05) is 0 Å². The highest BCUT2D eigenvalue weighted by atomic mass is 14.2. The monoisotopic (exact) mass is 164 g/mol. The van der Waals surface area contributed by atoms with Gasteiger partial charge in [-0.1, -0.05) is 25.2 Å². The molecule has 1 saturated carbocycles. The maximum absolute atomic E-state index is 3.85. The zero-order chi connectivity index (χ0) is 8.81. The zero-order valence-electron chi connectivity index (χ0n) is 8.13. The molecule has 0 unspecified atom stereocenters. The molecule has 0 radical (unpaired) electrons. The van der Waals surface area contributed by atoms with Crippen LogP contribution in [0.4, 0.5) is 0 Å². The van der Waals surface area contributed by atoms with E-state index in [1.54, 1.807) is 0 Å². The summed E-state index contributed by atoms with van der Waals surface area (Å²) in [6.45, 7) is 6.05. The molecule has 0 amide bonds. The second-order valence-corrected chi connectivity index (χ2v) is 3.75. The first-order valence-corrected chi connectivity index (χ1v) is 5.16. The first kappa shape index (κ1) is 9.57. The first-order valence-electron chi connectivity index (χ1n) is 5.16. The summed E-state index contributed by atoms with van der Waals surface area (Å²) in [5, 5.41) is 0. The molecular weight excluding hydrogens is 144 g/mol. The van der Waals surface area contributed by atoms with Crippen LogP contribution in [-0.2, 0) is 0 Å². The maximum Gasteiger partial charge on any atom is -0.0233 e. The Balaban J connectivity index is 2.26. The van der Waals surface area contributed by atoms with E-state index in [9.17, 15) is 0 Å². The van der Waals surface area contributed by atoms with Crippen LogP contribution in [0.2, 0.25) is 0 Å². The van der Waals surface area contributed by atoms with E-state index >= 15 is 0 Å². The van der Waals surface area contributed by atoms with Crippen LogP contribution < -0.4 is 0 Å². The molecule has 0 aromatic heterocycles. The van der Waals surface area contributed by atoms with Gasteiger partial charge in [-0.25, -0.2) is 0 Å². The van der Waals surface area contributed by atoms with Gasteiger partial charge in [-0.15, -0.1) is 6.58 Å². The van der Waals surface area contributed by atoms with Gasteiger partial charge in [0.25, 0.3) is 0 Å². The lowest BCUT2D eigenvalue weighted by atomic mass is 9.82. The van der Waals surface area contributed by atoms with Crippen molar-refractivity contribution in [2.24, 2.45) is 11.8 Å². The van der Waals surface area contributed by atoms with E-state index in [1.165, 1.54) is 32.1 Å². The predicted molar refractivity (Wildman–Crippen MR) is 55.1 cm³/mol. The van der Waals surface area contributed by atoms with Crippen LogP contribution >= 0.6 is 0 Å². The SMILES string of the molecule is C=CC1CCC(C=CCC)CC1. The van der Waals surface area contributed by atoms with Crippen molar-refractivity contribution in [2.45, 2.75) is 39.0 Å². The molecule has 1 aliphatic rings. The zero-order valence-corrected chi connectivity index (χ0v) is 8.13. The van der Waals surface area contributed by atoms with Crippen molar-refractivity contribution in [1.82, 2.24) is 0 Å². The standard InChI is InChI=1S/C12H20/c1-3-5-6-12-9-7-11(4-2)8-10-12/h4-6,11-12H,2-3,7-10H2,1H3. The van der Waals surface area contributed by atoms with Crippen molar-refractivity contribution in [1.29, 1.82) is 0 Å². The van der Waals surface area contributed by atoms with E-state index in [0.717, 1.165) is 11.8 Å². The van der Waals surface area contributed by atoms with Crippen molar-refractivity contribution in [3.05, 3.63) is 24.8 Å². The largest absolute Gasteiger partial charge is 0.103 e. The topological polar surface area (TPSA) is 0 Å². The summed E-state index contributed by atoms with van der Waals surface area (Å²) >= 11 is 0. The van der Waals surface area contributed by atoms with Crippen LogP contribution in [0.1, 0.15) is 39.0 Å². The minimum Gasteiger partial charge on any atom is -0.103 e. The number of rotatable bonds is 3. The Morgan fingerprint density at radius 3 is 2.25 bits per heavy atom. The summed E-state index contributed by atoms with van der Waals surface area (Å²) in [5.74, 6) is 1.66. The number of hydrogen-bond donors (Lipinski definition) is 0. The summed E-state index contributed by atoms with van der Waals surface area (Å²) in [6.07, 6.45) is 13.4. The molecular formula is C12H20. The fourth-order valence-corrected chi connectivity index (χ4v) is 1.90. The Labute approximate surface area is 76.4 Å². The van der Waals surface area contributed by atoms with E-state index < -0.39 is 0 Å². The average molecular weight is 164 g/mol. The van der Waals surface area contributed by atoms with Gasteiger partial charge < -0.3 is 0 Å². The summed E-state index contributed by atoms with van der Waals surface area (Å²) in [5.41, 5.74) is 0. The molecule has 0 atom stereocenters. The molecule has 68 valence electrons. The molecule has 0 N–H and O–H groups in total. The van der Waals surface area contributed by atoms with Gasteiger partial charge in [-0.05, 0) is 43.9 Å². The molecule has 1 fully saturated rings. The molecule has 1 aliphatic carbocycles. The first-order chi connectivity index (χ1) is 5.86. The second kappa shape index (κ2) is 5.18. The molecule has 0 spiro atoms. The van der Waals surface area contributed by atoms with Gasteiger partial charge in [-0.3, -0.25) is 0 Å². The normalized spacial score (nSPS) is 30.8. The van der Waals surface area contributed by atoms with Crippen molar-refractivity contribution >= 4 is 0 Å². The number of hydrogen-bond acceptors (Lipinski definition) is 0. The van der Waals surface area contributed by atoms with Gasteiger partial charge in [0.1, 0.15) is 0 Å². The highest BCUT2D eigenvalue weighted by molar-refractivity contribution is 4.93. The molecule has 0 aromatic rings. The van der Waals surface area contributed by atoms with E-state index in [0.29, 0.717) is 0 Å². The lowest BCUT2D eigenvalue weighted by Gasteiger charge is -2.24. The fraction of sp³-hybridized carbons (Fsp3) is 0.667. The molecule has 12 heavy (non-hydrogen) atoms. The molecule has 0 aromatic carbocycles. The van der Waals surface area contributed by atoms with Gasteiger partial charge >= 0.3 is 0 Å². The molecule has 0 nitrogen and oxygen atoms in total. The smallest absolute Gasteiger partial charge is 0.0233 e. The predicted octanol–water partition coefficient (Wildman–Crippen LogP) is 3.95. The van der Waals surface area contributed by atoms with Gasteiger partial charge in [-0.2, -0.15) is 0 Å². The lowest BCUT2D eigenvalue weighted by Crippen LogP contribution is -2.10. The minimum absolute atomic E-state index is 0.802. The molecule has 0 bridgehead atoms. The Hall–Kier alpha value is -0.520. The summed E-state index contributed by atoms with van der Waals surface area (Å²) in [6, 6.07) is 0. The highest BCUT2D eigenvalue weighted by Gasteiger charge is 2.16. The molecule has 0 heteroatoms. The van der Waals surface area contributed by atoms with E-state index in [-0.39, 0.29) is 0 Å². The molecule has 0 aliphatic heterocycles. The molecule has 0 saturated heterocycles. The maximum atomic E-state index is 3.85. The Morgan fingerprint density at radius 2 is 1.75 bits per heavy atom. The minimum atomic E-state index is 0.802. The quantitative estimate of drug-likeness (QED) is 0.554. The molecule has 1 rings (SSSR count).